The number of nitriles is 1. The van der Waals surface area contributed by atoms with E-state index in [2.05, 4.69) is 11.4 Å². The van der Waals surface area contributed by atoms with Crippen LogP contribution >= 0.6 is 0 Å². The first-order valence-corrected chi connectivity index (χ1v) is 11.7. The van der Waals surface area contributed by atoms with Crippen LogP contribution in [0, 0.1) is 34.5 Å². The zero-order chi connectivity index (χ0) is 24.6. The van der Waals surface area contributed by atoms with Crippen molar-refractivity contribution in [1.82, 2.24) is 5.32 Å². The Morgan fingerprint density at radius 3 is 2.35 bits per heavy atom. The highest BCUT2D eigenvalue weighted by Crippen LogP contribution is 2.49. The highest BCUT2D eigenvalue weighted by Gasteiger charge is 2.51. The molecule has 2 bridgehead atoms. The lowest BCUT2D eigenvalue weighted by atomic mass is 9.75. The standard InChI is InChI=1S/C25H30N2O7/c1-25(24(31)32)7-5-16(6-8-25)34-18-11-17(19(33-2)10-15(18)12-26)22(28)27-21-14-4-3-13(9-14)20(21)23(29)30/h10-11,13-14,16,20-21H,3-9H2,1-2H3,(H,27,28)(H,29,30)(H,31,32). The van der Waals surface area contributed by atoms with Crippen molar-refractivity contribution in [2.45, 2.75) is 64.0 Å². The number of carboxylic acids is 2. The summed E-state index contributed by atoms with van der Waals surface area (Å²) in [4.78, 5) is 36.6. The Morgan fingerprint density at radius 1 is 1.09 bits per heavy atom. The number of carboxylic acid groups (broad SMARTS) is 2. The van der Waals surface area contributed by atoms with Crippen LogP contribution < -0.4 is 14.8 Å². The third-order valence-electron chi connectivity index (χ3n) is 8.01. The quantitative estimate of drug-likeness (QED) is 0.551. The van der Waals surface area contributed by atoms with E-state index < -0.39 is 35.2 Å². The summed E-state index contributed by atoms with van der Waals surface area (Å²) in [6.07, 6.45) is 4.25. The molecule has 4 rings (SSSR count). The van der Waals surface area contributed by atoms with Crippen molar-refractivity contribution < 1.29 is 34.1 Å². The number of carbonyl (C=O) groups excluding carboxylic acids is 1. The zero-order valence-corrected chi connectivity index (χ0v) is 19.4. The number of rotatable bonds is 7. The van der Waals surface area contributed by atoms with Crippen molar-refractivity contribution in [3.8, 4) is 17.6 Å². The van der Waals surface area contributed by atoms with Crippen LogP contribution in [0.25, 0.3) is 0 Å². The van der Waals surface area contributed by atoms with Crippen LogP contribution in [-0.4, -0.2) is 47.3 Å². The summed E-state index contributed by atoms with van der Waals surface area (Å²) >= 11 is 0. The van der Waals surface area contributed by atoms with Gasteiger partial charge in [-0.05, 0) is 69.8 Å². The van der Waals surface area contributed by atoms with E-state index in [1.54, 1.807) is 6.92 Å². The lowest BCUT2D eigenvalue weighted by molar-refractivity contribution is -0.150. The highest BCUT2D eigenvalue weighted by molar-refractivity contribution is 5.98. The number of amides is 1. The first-order valence-electron chi connectivity index (χ1n) is 11.7. The molecule has 3 N–H and O–H groups in total. The molecule has 1 aromatic rings. The largest absolute Gasteiger partial charge is 0.496 e. The number of carbonyl (C=O) groups is 3. The van der Waals surface area contributed by atoms with E-state index in [1.807, 2.05) is 0 Å². The SMILES string of the molecule is COc1cc(C#N)c(OC2CCC(C)(C(=O)O)CC2)cc1C(=O)NC1C2CCC(C2)C1C(=O)O. The van der Waals surface area contributed by atoms with Crippen molar-refractivity contribution in [1.29, 1.82) is 5.26 Å². The normalized spacial score (nSPS) is 32.0. The second-order valence-electron chi connectivity index (χ2n) is 10.0. The summed E-state index contributed by atoms with van der Waals surface area (Å²) in [6, 6.07) is 4.55. The number of hydrogen-bond donors (Lipinski definition) is 3. The summed E-state index contributed by atoms with van der Waals surface area (Å²) in [5.41, 5.74) is -0.401. The molecule has 0 saturated heterocycles. The van der Waals surface area contributed by atoms with Crippen molar-refractivity contribution in [3.63, 3.8) is 0 Å². The number of methoxy groups -OCH3 is 1. The molecule has 9 heteroatoms. The minimum atomic E-state index is -0.890. The van der Waals surface area contributed by atoms with Crippen LogP contribution in [0.3, 0.4) is 0 Å². The minimum absolute atomic E-state index is 0.0809. The van der Waals surface area contributed by atoms with Crippen LogP contribution in [0.15, 0.2) is 12.1 Å². The topological polar surface area (TPSA) is 146 Å². The van der Waals surface area contributed by atoms with E-state index >= 15 is 0 Å². The molecule has 34 heavy (non-hydrogen) atoms. The molecule has 0 heterocycles. The van der Waals surface area contributed by atoms with Crippen LogP contribution in [0.5, 0.6) is 11.5 Å². The number of nitrogens with one attached hydrogen (secondary N) is 1. The molecule has 0 spiro atoms. The van der Waals surface area contributed by atoms with E-state index in [0.29, 0.717) is 25.7 Å². The van der Waals surface area contributed by atoms with Crippen molar-refractivity contribution in [2.24, 2.45) is 23.2 Å². The number of hydrogen-bond acceptors (Lipinski definition) is 6. The third-order valence-corrected chi connectivity index (χ3v) is 8.01. The maximum Gasteiger partial charge on any atom is 0.309 e. The Balaban J connectivity index is 1.54. The Bertz CT molecular complexity index is 1040. The fourth-order valence-corrected chi connectivity index (χ4v) is 5.91. The van der Waals surface area contributed by atoms with E-state index in [1.165, 1.54) is 19.2 Å². The highest BCUT2D eigenvalue weighted by atomic mass is 16.5. The lowest BCUT2D eigenvalue weighted by Crippen LogP contribution is -2.46. The second-order valence-corrected chi connectivity index (χ2v) is 10.0. The van der Waals surface area contributed by atoms with Gasteiger partial charge in [-0.3, -0.25) is 14.4 Å². The van der Waals surface area contributed by atoms with Gasteiger partial charge >= 0.3 is 11.9 Å². The monoisotopic (exact) mass is 470 g/mol. The van der Waals surface area contributed by atoms with Crippen molar-refractivity contribution >= 4 is 17.8 Å². The molecule has 3 aliphatic carbocycles. The Morgan fingerprint density at radius 2 is 1.76 bits per heavy atom. The molecule has 4 atom stereocenters. The Kier molecular flexibility index (Phi) is 6.43. The molecule has 0 radical (unpaired) electrons. The summed E-state index contributed by atoms with van der Waals surface area (Å²) in [5.74, 6) is -2.12. The van der Waals surface area contributed by atoms with E-state index in [9.17, 15) is 29.9 Å². The Labute approximate surface area is 198 Å². The minimum Gasteiger partial charge on any atom is -0.496 e. The molecule has 0 aliphatic heterocycles. The van der Waals surface area contributed by atoms with Crippen LogP contribution in [0.4, 0.5) is 0 Å². The number of nitrogens with zero attached hydrogens (tertiary/aromatic N) is 1. The predicted octanol–water partition coefficient (Wildman–Crippen LogP) is 3.21. The average Bonchev–Trinajstić information content (AvgIpc) is 3.42. The van der Waals surface area contributed by atoms with Crippen molar-refractivity contribution in [3.05, 3.63) is 23.3 Å². The van der Waals surface area contributed by atoms with Crippen molar-refractivity contribution in [2.75, 3.05) is 7.11 Å². The number of fused-ring (bicyclic) bond motifs is 2. The molecule has 9 nitrogen and oxygen atoms in total. The molecule has 1 amide bonds. The lowest BCUT2D eigenvalue weighted by Gasteiger charge is -2.34. The van der Waals surface area contributed by atoms with E-state index in [4.69, 9.17) is 9.47 Å². The van der Waals surface area contributed by atoms with Gasteiger partial charge in [0.1, 0.15) is 17.6 Å². The first kappa shape index (κ1) is 23.9. The molecular weight excluding hydrogens is 440 g/mol. The van der Waals surface area contributed by atoms with Gasteiger partial charge in [-0.25, -0.2) is 0 Å². The van der Waals surface area contributed by atoms with Crippen LogP contribution in [0.1, 0.15) is 67.8 Å². The van der Waals surface area contributed by atoms with Gasteiger partial charge in [0.05, 0.1) is 35.7 Å². The van der Waals surface area contributed by atoms with Gasteiger partial charge in [0.25, 0.3) is 5.91 Å². The molecule has 0 aromatic heterocycles. The van der Waals surface area contributed by atoms with Gasteiger partial charge in [0.2, 0.25) is 0 Å². The number of benzene rings is 1. The maximum atomic E-state index is 13.2. The molecule has 1 aromatic carbocycles. The first-order chi connectivity index (χ1) is 16.2. The fraction of sp³-hybridized carbons (Fsp3) is 0.600. The summed E-state index contributed by atoms with van der Waals surface area (Å²) in [6.45, 7) is 1.72. The van der Waals surface area contributed by atoms with Crippen LogP contribution in [0.2, 0.25) is 0 Å². The van der Waals surface area contributed by atoms with E-state index in [-0.39, 0.29) is 40.6 Å². The van der Waals surface area contributed by atoms with Gasteiger partial charge in [0, 0.05) is 12.1 Å². The molecule has 3 saturated carbocycles. The summed E-state index contributed by atoms with van der Waals surface area (Å²) in [5, 5.41) is 31.7. The molecule has 3 aliphatic rings. The predicted molar refractivity (Wildman–Crippen MR) is 120 cm³/mol. The molecule has 4 unspecified atom stereocenters. The molecule has 182 valence electrons. The smallest absolute Gasteiger partial charge is 0.309 e. The summed E-state index contributed by atoms with van der Waals surface area (Å²) in [7, 11) is 1.40. The summed E-state index contributed by atoms with van der Waals surface area (Å²) < 4.78 is 11.4. The van der Waals surface area contributed by atoms with E-state index in [0.717, 1.165) is 19.3 Å². The molecule has 3 fully saturated rings. The van der Waals surface area contributed by atoms with Gasteiger partial charge in [-0.15, -0.1) is 0 Å². The number of aliphatic carboxylic acids is 2. The maximum absolute atomic E-state index is 13.2. The Hall–Kier alpha value is -3.28. The number of ether oxygens (including phenoxy) is 2. The average molecular weight is 471 g/mol. The van der Waals surface area contributed by atoms with Gasteiger partial charge in [-0.2, -0.15) is 5.26 Å². The van der Waals surface area contributed by atoms with Gasteiger partial charge in [-0.1, -0.05) is 0 Å². The van der Waals surface area contributed by atoms with Gasteiger partial charge in [0.15, 0.2) is 0 Å². The van der Waals surface area contributed by atoms with Crippen LogP contribution in [-0.2, 0) is 9.59 Å². The van der Waals surface area contributed by atoms with Gasteiger partial charge < -0.3 is 25.0 Å². The zero-order valence-electron chi connectivity index (χ0n) is 19.4. The second kappa shape index (κ2) is 9.16. The third kappa shape index (κ3) is 4.29. The molecular formula is C25H30N2O7. The fourth-order valence-electron chi connectivity index (χ4n) is 5.91.